The molecule has 0 aliphatic heterocycles. The lowest BCUT2D eigenvalue weighted by Crippen LogP contribution is -2.33. The number of amides is 1. The topological polar surface area (TPSA) is 66.5 Å². The summed E-state index contributed by atoms with van der Waals surface area (Å²) in [6.07, 6.45) is 2.88. The Morgan fingerprint density at radius 3 is 2.42 bits per heavy atom. The molecule has 3 aromatic carbocycles. The van der Waals surface area contributed by atoms with Crippen molar-refractivity contribution in [1.29, 1.82) is 0 Å². The Hall–Kier alpha value is -3.12. The van der Waals surface area contributed by atoms with Crippen molar-refractivity contribution in [1.82, 2.24) is 5.32 Å². The number of aryl methyl sites for hydroxylation is 2. The third-order valence-corrected chi connectivity index (χ3v) is 7.63. The molecule has 3 aromatic rings. The highest BCUT2D eigenvalue weighted by Gasteiger charge is 2.27. The number of carbonyl (C=O) groups excluding carboxylic acids is 1. The second-order valence-electron chi connectivity index (χ2n) is 7.92. The molecule has 0 heterocycles. The van der Waals surface area contributed by atoms with Crippen LogP contribution in [-0.2, 0) is 16.4 Å². The van der Waals surface area contributed by atoms with E-state index in [2.05, 4.69) is 17.4 Å². The van der Waals surface area contributed by atoms with E-state index in [0.29, 0.717) is 11.3 Å². The molecule has 4 rings (SSSR count). The van der Waals surface area contributed by atoms with Crippen LogP contribution < -0.4 is 9.62 Å². The standard InChI is InChI=1S/C25H26N2O3S/c1-18-14-16-20(17-15-18)31(29,30)27(2)24-13-6-5-11-22(24)25(28)26-23-12-7-9-19-8-3-4-10-21(19)23/h3-6,8,10-11,13-17,23H,7,9,12H2,1-2H3,(H,26,28)/t23-/m1/s1. The zero-order chi connectivity index (χ0) is 22.0. The third-order valence-electron chi connectivity index (χ3n) is 5.84. The Morgan fingerprint density at radius 1 is 0.968 bits per heavy atom. The summed E-state index contributed by atoms with van der Waals surface area (Å²) >= 11 is 0. The Bertz CT molecular complexity index is 1200. The van der Waals surface area contributed by atoms with Gasteiger partial charge < -0.3 is 5.32 Å². The molecule has 0 unspecified atom stereocenters. The van der Waals surface area contributed by atoms with Crippen molar-refractivity contribution >= 4 is 21.6 Å². The van der Waals surface area contributed by atoms with Gasteiger partial charge in [-0.1, -0.05) is 54.1 Å². The lowest BCUT2D eigenvalue weighted by atomic mass is 9.87. The monoisotopic (exact) mass is 434 g/mol. The van der Waals surface area contributed by atoms with E-state index in [0.717, 1.165) is 30.4 Å². The first-order valence-electron chi connectivity index (χ1n) is 10.4. The lowest BCUT2D eigenvalue weighted by molar-refractivity contribution is 0.0933. The molecule has 6 heteroatoms. The molecule has 0 saturated heterocycles. The molecular weight excluding hydrogens is 408 g/mol. The zero-order valence-corrected chi connectivity index (χ0v) is 18.5. The van der Waals surface area contributed by atoms with Crippen molar-refractivity contribution in [3.8, 4) is 0 Å². The first-order chi connectivity index (χ1) is 14.9. The third kappa shape index (κ3) is 4.21. The Morgan fingerprint density at radius 2 is 1.65 bits per heavy atom. The largest absolute Gasteiger partial charge is 0.345 e. The van der Waals surface area contributed by atoms with Crippen LogP contribution in [0.3, 0.4) is 0 Å². The normalized spacial score (nSPS) is 15.7. The van der Waals surface area contributed by atoms with Crippen molar-refractivity contribution in [2.75, 3.05) is 11.4 Å². The molecule has 0 bridgehead atoms. The maximum atomic E-state index is 13.2. The fraction of sp³-hybridized carbons (Fsp3) is 0.240. The molecule has 1 atom stereocenters. The predicted octanol–water partition coefficient (Wildman–Crippen LogP) is 4.63. The predicted molar refractivity (Wildman–Crippen MR) is 123 cm³/mol. The first kappa shape index (κ1) is 21.1. The van der Waals surface area contributed by atoms with E-state index in [4.69, 9.17) is 0 Å². The van der Waals surface area contributed by atoms with Gasteiger partial charge in [0.05, 0.1) is 22.2 Å². The average molecular weight is 435 g/mol. The second-order valence-corrected chi connectivity index (χ2v) is 9.89. The smallest absolute Gasteiger partial charge is 0.264 e. The minimum atomic E-state index is -3.79. The van der Waals surface area contributed by atoms with E-state index in [9.17, 15) is 13.2 Å². The number of benzene rings is 3. The lowest BCUT2D eigenvalue weighted by Gasteiger charge is -2.27. The Kier molecular flexibility index (Phi) is 5.83. The van der Waals surface area contributed by atoms with Crippen molar-refractivity contribution in [2.45, 2.75) is 37.1 Å². The SMILES string of the molecule is Cc1ccc(S(=O)(=O)N(C)c2ccccc2C(=O)N[C@@H]2CCCc3ccccc32)cc1. The second kappa shape index (κ2) is 8.55. The number of fused-ring (bicyclic) bond motifs is 1. The quantitative estimate of drug-likeness (QED) is 0.637. The van der Waals surface area contributed by atoms with E-state index in [1.165, 1.54) is 16.9 Å². The summed E-state index contributed by atoms with van der Waals surface area (Å²) < 4.78 is 27.5. The van der Waals surface area contributed by atoms with E-state index >= 15 is 0 Å². The van der Waals surface area contributed by atoms with Crippen molar-refractivity contribution in [3.05, 3.63) is 95.1 Å². The van der Waals surface area contributed by atoms with E-state index in [-0.39, 0.29) is 16.8 Å². The van der Waals surface area contributed by atoms with Crippen LogP contribution in [0.4, 0.5) is 5.69 Å². The highest BCUT2D eigenvalue weighted by molar-refractivity contribution is 7.92. The number of anilines is 1. The van der Waals surface area contributed by atoms with Crippen LogP contribution in [-0.4, -0.2) is 21.4 Å². The van der Waals surface area contributed by atoms with Gasteiger partial charge in [0.25, 0.3) is 15.9 Å². The minimum Gasteiger partial charge on any atom is -0.345 e. The van der Waals surface area contributed by atoms with Crippen molar-refractivity contribution < 1.29 is 13.2 Å². The van der Waals surface area contributed by atoms with E-state index in [1.807, 2.05) is 19.1 Å². The zero-order valence-electron chi connectivity index (χ0n) is 17.7. The van der Waals surface area contributed by atoms with E-state index in [1.54, 1.807) is 48.5 Å². The number of sulfonamides is 1. The van der Waals surface area contributed by atoms with Gasteiger partial charge in [0.1, 0.15) is 0 Å². The molecule has 0 aromatic heterocycles. The van der Waals surface area contributed by atoms with Crippen LogP contribution in [0.25, 0.3) is 0 Å². The van der Waals surface area contributed by atoms with Crippen LogP contribution in [0.2, 0.25) is 0 Å². The summed E-state index contributed by atoms with van der Waals surface area (Å²) in [5.41, 5.74) is 4.06. The van der Waals surface area contributed by atoms with Gasteiger partial charge >= 0.3 is 0 Å². The van der Waals surface area contributed by atoms with E-state index < -0.39 is 10.0 Å². The van der Waals surface area contributed by atoms with Crippen molar-refractivity contribution in [2.24, 2.45) is 0 Å². The van der Waals surface area contributed by atoms with Gasteiger partial charge in [0.2, 0.25) is 0 Å². The number of para-hydroxylation sites is 1. The van der Waals surface area contributed by atoms with Crippen LogP contribution in [0.5, 0.6) is 0 Å². The molecular formula is C25H26N2O3S. The van der Waals surface area contributed by atoms with Crippen LogP contribution in [0, 0.1) is 6.92 Å². The molecule has 160 valence electrons. The highest BCUT2D eigenvalue weighted by atomic mass is 32.2. The molecule has 0 fully saturated rings. The number of hydrogen-bond acceptors (Lipinski definition) is 3. The number of nitrogens with one attached hydrogen (secondary N) is 1. The van der Waals surface area contributed by atoms with Gasteiger partial charge in [-0.25, -0.2) is 8.42 Å². The summed E-state index contributed by atoms with van der Waals surface area (Å²) in [5, 5.41) is 3.12. The van der Waals surface area contributed by atoms with Crippen LogP contribution >= 0.6 is 0 Å². The number of hydrogen-bond donors (Lipinski definition) is 1. The summed E-state index contributed by atoms with van der Waals surface area (Å²) in [4.78, 5) is 13.4. The molecule has 1 N–H and O–H groups in total. The maximum absolute atomic E-state index is 13.2. The molecule has 31 heavy (non-hydrogen) atoms. The fourth-order valence-electron chi connectivity index (χ4n) is 4.08. The number of rotatable bonds is 5. The highest BCUT2D eigenvalue weighted by Crippen LogP contribution is 2.31. The maximum Gasteiger partial charge on any atom is 0.264 e. The Labute approximate surface area is 183 Å². The van der Waals surface area contributed by atoms with Gasteiger partial charge in [0.15, 0.2) is 0 Å². The average Bonchev–Trinajstić information content (AvgIpc) is 2.79. The summed E-state index contributed by atoms with van der Waals surface area (Å²) in [6, 6.07) is 21.6. The molecule has 1 aliphatic carbocycles. The molecule has 0 spiro atoms. The summed E-state index contributed by atoms with van der Waals surface area (Å²) in [5.74, 6) is -0.275. The van der Waals surface area contributed by atoms with Gasteiger partial charge in [-0.05, 0) is 61.6 Å². The minimum absolute atomic E-state index is 0.0792. The number of carbonyl (C=O) groups is 1. The van der Waals surface area contributed by atoms with Crippen LogP contribution in [0.15, 0.2) is 77.7 Å². The van der Waals surface area contributed by atoms with Gasteiger partial charge in [-0.3, -0.25) is 9.10 Å². The molecule has 1 aliphatic rings. The van der Waals surface area contributed by atoms with Gasteiger partial charge in [0, 0.05) is 7.05 Å². The van der Waals surface area contributed by atoms with Gasteiger partial charge in [-0.2, -0.15) is 0 Å². The Balaban J connectivity index is 1.63. The summed E-state index contributed by atoms with van der Waals surface area (Å²) in [6.45, 7) is 1.91. The molecule has 5 nitrogen and oxygen atoms in total. The van der Waals surface area contributed by atoms with Gasteiger partial charge in [-0.15, -0.1) is 0 Å². The molecule has 0 radical (unpaired) electrons. The van der Waals surface area contributed by atoms with Crippen LogP contribution in [0.1, 0.15) is 45.9 Å². The first-order valence-corrected chi connectivity index (χ1v) is 11.9. The molecule has 1 amide bonds. The van der Waals surface area contributed by atoms with Crippen molar-refractivity contribution in [3.63, 3.8) is 0 Å². The number of nitrogens with zero attached hydrogens (tertiary/aromatic N) is 1. The fourth-order valence-corrected chi connectivity index (χ4v) is 5.29. The molecule has 0 saturated carbocycles. The summed E-state index contributed by atoms with van der Waals surface area (Å²) in [7, 11) is -2.31.